The van der Waals surface area contributed by atoms with E-state index in [4.69, 9.17) is 27.6 Å². The van der Waals surface area contributed by atoms with E-state index in [2.05, 4.69) is 12.4 Å². The number of hydrogen-bond acceptors (Lipinski definition) is 4. The third kappa shape index (κ3) is 4.19. The molecule has 2 N–H and O–H groups in total. The van der Waals surface area contributed by atoms with E-state index in [-0.39, 0.29) is 4.99 Å². The summed E-state index contributed by atoms with van der Waals surface area (Å²) in [6.45, 7) is 7.60. The molecule has 0 aromatic heterocycles. The predicted molar refractivity (Wildman–Crippen MR) is 82.9 cm³/mol. The lowest BCUT2D eigenvalue weighted by Crippen LogP contribution is -3.11. The normalized spacial score (nSPS) is 25.0. The molecule has 1 atom stereocenters. The second kappa shape index (κ2) is 7.43. The Hall–Kier alpha value is -1.58. The highest BCUT2D eigenvalue weighted by Crippen LogP contribution is 2.36. The SMILES string of the molecule is CC1(C)C(=C=[N-])C(=S)NC(=O)C1C#N.C[NH+]1CCOCC1. The number of nitriles is 1. The maximum absolute atomic E-state index is 11.4. The molecule has 0 aromatic rings. The summed E-state index contributed by atoms with van der Waals surface area (Å²) in [6.07, 6.45) is 0. The summed E-state index contributed by atoms with van der Waals surface area (Å²) in [6, 6.07) is 1.89. The molecule has 21 heavy (non-hydrogen) atoms. The molecule has 1 unspecified atom stereocenters. The Morgan fingerprint density at radius 3 is 2.43 bits per heavy atom. The second-order valence-corrected chi connectivity index (χ2v) is 6.07. The van der Waals surface area contributed by atoms with Crippen LogP contribution in [0, 0.1) is 22.7 Å². The molecule has 2 fully saturated rings. The van der Waals surface area contributed by atoms with Crippen LogP contribution in [0.1, 0.15) is 13.8 Å². The molecular weight excluding hydrogens is 288 g/mol. The van der Waals surface area contributed by atoms with Crippen molar-refractivity contribution in [1.82, 2.24) is 5.32 Å². The number of likely N-dealkylation sites (N-methyl/N-ethyl adjacent to an activating group) is 1. The highest BCUT2D eigenvalue weighted by molar-refractivity contribution is 7.80. The summed E-state index contributed by atoms with van der Waals surface area (Å²) < 4.78 is 5.12. The van der Waals surface area contributed by atoms with E-state index >= 15 is 0 Å². The number of piperidine rings is 1. The van der Waals surface area contributed by atoms with Crippen molar-refractivity contribution in [1.29, 1.82) is 5.26 Å². The van der Waals surface area contributed by atoms with Gasteiger partial charge in [0.1, 0.15) is 24.0 Å². The molecule has 6 nitrogen and oxygen atoms in total. The van der Waals surface area contributed by atoms with Crippen LogP contribution < -0.4 is 10.2 Å². The van der Waals surface area contributed by atoms with Gasteiger partial charge in [0.15, 0.2) is 0 Å². The lowest BCUT2D eigenvalue weighted by molar-refractivity contribution is -0.888. The molecule has 0 aliphatic carbocycles. The van der Waals surface area contributed by atoms with Gasteiger partial charge in [0.25, 0.3) is 0 Å². The van der Waals surface area contributed by atoms with Gasteiger partial charge in [-0.05, 0) is 0 Å². The van der Waals surface area contributed by atoms with Crippen molar-refractivity contribution in [3.05, 3.63) is 11.0 Å². The van der Waals surface area contributed by atoms with Gasteiger partial charge in [-0.2, -0.15) is 5.26 Å². The maximum atomic E-state index is 11.4. The fourth-order valence-electron chi connectivity index (χ4n) is 2.15. The van der Waals surface area contributed by atoms with Gasteiger partial charge in [-0.3, -0.25) is 10.7 Å². The van der Waals surface area contributed by atoms with Crippen molar-refractivity contribution in [2.75, 3.05) is 33.4 Å². The zero-order valence-electron chi connectivity index (χ0n) is 12.5. The lowest BCUT2D eigenvalue weighted by atomic mass is 9.71. The number of ether oxygens (including phenoxy) is 1. The summed E-state index contributed by atoms with van der Waals surface area (Å²) in [4.78, 5) is 13.1. The van der Waals surface area contributed by atoms with E-state index in [1.165, 1.54) is 13.1 Å². The molecule has 2 aliphatic heterocycles. The third-order valence-corrected chi connectivity index (χ3v) is 3.99. The van der Waals surface area contributed by atoms with Crippen LogP contribution in [0.3, 0.4) is 0 Å². The summed E-state index contributed by atoms with van der Waals surface area (Å²) >= 11 is 4.85. The molecule has 7 heteroatoms. The number of nitrogens with one attached hydrogen (secondary N) is 2. The van der Waals surface area contributed by atoms with E-state index < -0.39 is 17.2 Å². The molecule has 2 saturated heterocycles. The Balaban J connectivity index is 0.000000262. The maximum Gasteiger partial charge on any atom is 0.243 e. The monoisotopic (exact) mass is 308 g/mol. The van der Waals surface area contributed by atoms with Gasteiger partial charge < -0.3 is 20.4 Å². The number of morpholine rings is 1. The van der Waals surface area contributed by atoms with Gasteiger partial charge >= 0.3 is 0 Å². The molecule has 0 bridgehead atoms. The van der Waals surface area contributed by atoms with Crippen molar-refractivity contribution in [3.63, 3.8) is 0 Å². The van der Waals surface area contributed by atoms with E-state index in [1.54, 1.807) is 18.7 Å². The molecule has 2 rings (SSSR count). The highest BCUT2D eigenvalue weighted by Gasteiger charge is 2.44. The van der Waals surface area contributed by atoms with Crippen LogP contribution in [-0.2, 0) is 9.53 Å². The minimum atomic E-state index is -0.858. The van der Waals surface area contributed by atoms with Crippen LogP contribution >= 0.6 is 12.2 Å². The van der Waals surface area contributed by atoms with Gasteiger partial charge in [-0.1, -0.05) is 26.1 Å². The number of nitrogens with zero attached hydrogens (tertiary/aromatic N) is 2. The highest BCUT2D eigenvalue weighted by atomic mass is 32.1. The Labute approximate surface area is 130 Å². The molecule has 0 spiro atoms. The molecular formula is C14H20N4O2S. The van der Waals surface area contributed by atoms with Crippen molar-refractivity contribution >= 4 is 29.0 Å². The quantitative estimate of drug-likeness (QED) is 0.352. The minimum Gasteiger partial charge on any atom is -0.763 e. The molecule has 114 valence electrons. The predicted octanol–water partition coefficient (Wildman–Crippen LogP) is -0.694. The summed E-state index contributed by atoms with van der Waals surface area (Å²) in [7, 11) is 2.20. The first kappa shape index (κ1) is 17.5. The van der Waals surface area contributed by atoms with Gasteiger partial charge in [-0.25, -0.2) is 0 Å². The summed E-state index contributed by atoms with van der Waals surface area (Å²) in [5, 5.41) is 20.0. The standard InChI is InChI=1S/C9H8N3OS.C5H11NO/c1-9(2)5(3-10)7(13)12-8(14)6(9)4-11;1-6-2-4-7-5-3-6/h5H,1-2H3,(H,12,13,14);2-5H2,1H3/q-1;/p+1. The number of hydrogen-bond donors (Lipinski definition) is 2. The number of thiocarbonyl (C=S) groups is 1. The van der Waals surface area contributed by atoms with E-state index in [0.29, 0.717) is 5.57 Å². The number of rotatable bonds is 0. The van der Waals surface area contributed by atoms with E-state index in [9.17, 15) is 4.79 Å². The zero-order chi connectivity index (χ0) is 16.0. The topological polar surface area (TPSA) is 88.9 Å². The Morgan fingerprint density at radius 1 is 1.48 bits per heavy atom. The van der Waals surface area contributed by atoms with Crippen LogP contribution in [0.15, 0.2) is 5.57 Å². The molecule has 0 aromatic carbocycles. The van der Waals surface area contributed by atoms with E-state index in [0.717, 1.165) is 13.2 Å². The number of carbonyl (C=O) groups excluding carboxylic acids is 1. The number of quaternary nitrogens is 1. The second-order valence-electron chi connectivity index (χ2n) is 5.66. The first-order valence-electron chi connectivity index (χ1n) is 6.76. The Kier molecular flexibility index (Phi) is 6.19. The Morgan fingerprint density at radius 2 is 2.05 bits per heavy atom. The fourth-order valence-corrected chi connectivity index (χ4v) is 2.56. The zero-order valence-corrected chi connectivity index (χ0v) is 13.3. The summed E-state index contributed by atoms with van der Waals surface area (Å²) in [5.41, 5.74) is -0.512. The van der Waals surface area contributed by atoms with Crippen LogP contribution in [-0.4, -0.2) is 50.1 Å². The molecule has 2 aliphatic rings. The third-order valence-electron chi connectivity index (χ3n) is 3.68. The smallest absolute Gasteiger partial charge is 0.243 e. The first-order chi connectivity index (χ1) is 9.84. The minimum absolute atomic E-state index is 0.133. The van der Waals surface area contributed by atoms with Crippen LogP contribution in [0.2, 0.25) is 0 Å². The van der Waals surface area contributed by atoms with Crippen LogP contribution in [0.5, 0.6) is 0 Å². The molecule has 0 radical (unpaired) electrons. The van der Waals surface area contributed by atoms with Crippen molar-refractivity contribution < 1.29 is 14.4 Å². The average Bonchev–Trinajstić information content (AvgIpc) is 2.39. The fraction of sp³-hybridized carbons (Fsp3) is 0.643. The van der Waals surface area contributed by atoms with E-state index in [1.807, 2.05) is 11.9 Å². The van der Waals surface area contributed by atoms with Gasteiger partial charge in [0.05, 0.1) is 26.3 Å². The van der Waals surface area contributed by atoms with Crippen LogP contribution in [0.4, 0.5) is 0 Å². The molecule has 0 saturated carbocycles. The van der Waals surface area contributed by atoms with Gasteiger partial charge in [-0.15, -0.1) is 0 Å². The largest absolute Gasteiger partial charge is 0.763 e. The van der Waals surface area contributed by atoms with Crippen molar-refractivity contribution in [2.45, 2.75) is 13.8 Å². The van der Waals surface area contributed by atoms with Crippen LogP contribution in [0.25, 0.3) is 5.41 Å². The van der Waals surface area contributed by atoms with Gasteiger partial charge in [0.2, 0.25) is 5.91 Å². The Bertz CT molecular complexity index is 512. The first-order valence-corrected chi connectivity index (χ1v) is 7.16. The average molecular weight is 308 g/mol. The molecule has 1 amide bonds. The number of amides is 1. The lowest BCUT2D eigenvalue weighted by Gasteiger charge is -2.36. The van der Waals surface area contributed by atoms with Crippen molar-refractivity contribution in [2.24, 2.45) is 11.3 Å². The summed E-state index contributed by atoms with van der Waals surface area (Å²) in [5.74, 6) is 0.652. The van der Waals surface area contributed by atoms with Gasteiger partial charge in [0, 0.05) is 11.0 Å². The molecule has 2 heterocycles. The van der Waals surface area contributed by atoms with Crippen molar-refractivity contribution in [3.8, 4) is 6.07 Å². The number of carbonyl (C=O) groups is 1.